The maximum absolute atomic E-state index is 14.0. The third kappa shape index (κ3) is 3.32. The van der Waals surface area contributed by atoms with Gasteiger partial charge >= 0.3 is 0 Å². The molecule has 0 bridgehead atoms. The lowest BCUT2D eigenvalue weighted by Crippen LogP contribution is -2.30. The lowest BCUT2D eigenvalue weighted by atomic mass is 9.98. The highest BCUT2D eigenvalue weighted by atomic mass is 35.5. The number of hydrogen-bond acceptors (Lipinski definition) is 2. The van der Waals surface area contributed by atoms with Crippen LogP contribution in [0.15, 0.2) is 42.5 Å². The second kappa shape index (κ2) is 6.15. The number of nitrogens with one attached hydrogen (secondary N) is 1. The predicted octanol–water partition coefficient (Wildman–Crippen LogP) is 3.53. The molecule has 2 rings (SSSR count). The van der Waals surface area contributed by atoms with E-state index in [1.54, 1.807) is 12.1 Å². The van der Waals surface area contributed by atoms with Crippen LogP contribution in [0.4, 0.5) is 4.39 Å². The molecule has 19 heavy (non-hydrogen) atoms. The van der Waals surface area contributed by atoms with Crippen molar-refractivity contribution in [2.24, 2.45) is 5.84 Å². The van der Waals surface area contributed by atoms with Gasteiger partial charge in [0.25, 0.3) is 0 Å². The molecule has 2 aromatic carbocycles. The fraction of sp³-hybridized carbons (Fsp3) is 0.200. The normalized spacial score (nSPS) is 12.4. The molecule has 2 aromatic rings. The van der Waals surface area contributed by atoms with E-state index >= 15 is 0 Å². The van der Waals surface area contributed by atoms with Crippen LogP contribution in [-0.4, -0.2) is 0 Å². The Hall–Kier alpha value is -1.42. The van der Waals surface area contributed by atoms with E-state index in [1.807, 2.05) is 31.2 Å². The molecule has 0 spiro atoms. The molecule has 0 radical (unpaired) electrons. The standard InChI is InChI=1S/C15H16ClFN2/c1-10-5-7-11(8-6-10)9-14(19-18)12-3-2-4-13(16)15(12)17/h2-8,14,19H,9,18H2,1H3. The molecule has 1 atom stereocenters. The van der Waals surface area contributed by atoms with E-state index < -0.39 is 5.82 Å². The fourth-order valence-corrected chi connectivity index (χ4v) is 2.19. The average molecular weight is 279 g/mol. The Morgan fingerprint density at radius 2 is 1.89 bits per heavy atom. The molecule has 0 fully saturated rings. The molecule has 0 amide bonds. The van der Waals surface area contributed by atoms with Gasteiger partial charge in [0.15, 0.2) is 0 Å². The number of aryl methyl sites for hydroxylation is 1. The molecule has 0 saturated heterocycles. The van der Waals surface area contributed by atoms with Gasteiger partial charge in [-0.25, -0.2) is 4.39 Å². The van der Waals surface area contributed by atoms with Crippen molar-refractivity contribution < 1.29 is 4.39 Å². The van der Waals surface area contributed by atoms with Crippen LogP contribution in [0.3, 0.4) is 0 Å². The third-order valence-electron chi connectivity index (χ3n) is 3.12. The van der Waals surface area contributed by atoms with Crippen LogP contribution >= 0.6 is 11.6 Å². The monoisotopic (exact) mass is 278 g/mol. The zero-order valence-corrected chi connectivity index (χ0v) is 11.4. The van der Waals surface area contributed by atoms with Crippen molar-refractivity contribution in [1.82, 2.24) is 5.43 Å². The lowest BCUT2D eigenvalue weighted by molar-refractivity contribution is 0.511. The van der Waals surface area contributed by atoms with Crippen LogP contribution in [0.5, 0.6) is 0 Å². The maximum Gasteiger partial charge on any atom is 0.146 e. The minimum Gasteiger partial charge on any atom is -0.271 e. The molecule has 1 unspecified atom stereocenters. The number of halogens is 2. The van der Waals surface area contributed by atoms with Crippen LogP contribution in [-0.2, 0) is 6.42 Å². The molecule has 3 N–H and O–H groups in total. The highest BCUT2D eigenvalue weighted by molar-refractivity contribution is 6.30. The highest BCUT2D eigenvalue weighted by Gasteiger charge is 2.16. The van der Waals surface area contributed by atoms with Crippen LogP contribution in [0.1, 0.15) is 22.7 Å². The molecule has 0 heterocycles. The summed E-state index contributed by atoms with van der Waals surface area (Å²) in [6, 6.07) is 12.7. The second-order valence-electron chi connectivity index (χ2n) is 4.55. The topological polar surface area (TPSA) is 38.0 Å². The largest absolute Gasteiger partial charge is 0.271 e. The van der Waals surface area contributed by atoms with Gasteiger partial charge in [-0.15, -0.1) is 0 Å². The molecule has 0 saturated carbocycles. The predicted molar refractivity (Wildman–Crippen MR) is 76.4 cm³/mol. The molecule has 2 nitrogen and oxygen atoms in total. The third-order valence-corrected chi connectivity index (χ3v) is 3.41. The van der Waals surface area contributed by atoms with Crippen molar-refractivity contribution in [3.8, 4) is 0 Å². The zero-order valence-electron chi connectivity index (χ0n) is 10.7. The molecular formula is C15H16ClFN2. The first-order chi connectivity index (χ1) is 9.11. The van der Waals surface area contributed by atoms with Gasteiger partial charge in [-0.3, -0.25) is 11.3 Å². The van der Waals surface area contributed by atoms with Gasteiger partial charge in [0.2, 0.25) is 0 Å². The first-order valence-corrected chi connectivity index (χ1v) is 6.45. The van der Waals surface area contributed by atoms with Gasteiger partial charge in [-0.2, -0.15) is 0 Å². The van der Waals surface area contributed by atoms with Gasteiger partial charge in [0.1, 0.15) is 5.82 Å². The van der Waals surface area contributed by atoms with E-state index in [-0.39, 0.29) is 11.1 Å². The van der Waals surface area contributed by atoms with Crippen LogP contribution < -0.4 is 11.3 Å². The smallest absolute Gasteiger partial charge is 0.146 e. The summed E-state index contributed by atoms with van der Waals surface area (Å²) in [6.07, 6.45) is 0.605. The van der Waals surface area contributed by atoms with Gasteiger partial charge in [0, 0.05) is 5.56 Å². The lowest BCUT2D eigenvalue weighted by Gasteiger charge is -2.17. The molecule has 0 aliphatic heterocycles. The summed E-state index contributed by atoms with van der Waals surface area (Å²) in [5, 5.41) is 0.113. The van der Waals surface area contributed by atoms with E-state index in [4.69, 9.17) is 17.4 Å². The van der Waals surface area contributed by atoms with Gasteiger partial charge in [0.05, 0.1) is 11.1 Å². The number of rotatable bonds is 4. The van der Waals surface area contributed by atoms with Crippen LogP contribution in [0.2, 0.25) is 5.02 Å². The summed E-state index contributed by atoms with van der Waals surface area (Å²) in [5.74, 6) is 5.12. The molecule has 0 aliphatic rings. The Labute approximate surface area is 117 Å². The number of hydrazine groups is 1. The quantitative estimate of drug-likeness (QED) is 0.663. The van der Waals surface area contributed by atoms with E-state index in [0.717, 1.165) is 5.56 Å². The van der Waals surface area contributed by atoms with Crippen molar-refractivity contribution >= 4 is 11.6 Å². The van der Waals surface area contributed by atoms with Crippen molar-refractivity contribution in [1.29, 1.82) is 0 Å². The number of hydrogen-bond donors (Lipinski definition) is 2. The maximum atomic E-state index is 14.0. The van der Waals surface area contributed by atoms with Crippen molar-refractivity contribution in [2.75, 3.05) is 0 Å². The summed E-state index contributed by atoms with van der Waals surface area (Å²) in [6.45, 7) is 2.03. The summed E-state index contributed by atoms with van der Waals surface area (Å²) in [7, 11) is 0. The Morgan fingerprint density at radius 1 is 1.21 bits per heavy atom. The van der Waals surface area contributed by atoms with Crippen molar-refractivity contribution in [3.63, 3.8) is 0 Å². The molecule has 100 valence electrons. The highest BCUT2D eigenvalue weighted by Crippen LogP contribution is 2.25. The Morgan fingerprint density at radius 3 is 2.53 bits per heavy atom. The van der Waals surface area contributed by atoms with Gasteiger partial charge in [-0.05, 0) is 25.0 Å². The van der Waals surface area contributed by atoms with E-state index in [9.17, 15) is 4.39 Å². The first-order valence-electron chi connectivity index (χ1n) is 6.07. The van der Waals surface area contributed by atoms with Gasteiger partial charge < -0.3 is 0 Å². The Balaban J connectivity index is 2.25. The van der Waals surface area contributed by atoms with E-state index in [0.29, 0.717) is 12.0 Å². The van der Waals surface area contributed by atoms with Crippen LogP contribution in [0.25, 0.3) is 0 Å². The summed E-state index contributed by atoms with van der Waals surface area (Å²) < 4.78 is 14.0. The molecule has 0 aliphatic carbocycles. The van der Waals surface area contributed by atoms with E-state index in [1.165, 1.54) is 11.6 Å². The Bertz CT molecular complexity index is 555. The van der Waals surface area contributed by atoms with Crippen molar-refractivity contribution in [3.05, 3.63) is 70.0 Å². The minimum atomic E-state index is -0.417. The molecule has 0 aromatic heterocycles. The number of benzene rings is 2. The average Bonchev–Trinajstić information content (AvgIpc) is 2.42. The van der Waals surface area contributed by atoms with Crippen molar-refractivity contribution in [2.45, 2.75) is 19.4 Å². The summed E-state index contributed by atoms with van der Waals surface area (Å²) >= 11 is 5.80. The minimum absolute atomic E-state index is 0.113. The van der Waals surface area contributed by atoms with E-state index in [2.05, 4.69) is 5.43 Å². The molecule has 4 heteroatoms. The number of nitrogens with two attached hydrogens (primary N) is 1. The second-order valence-corrected chi connectivity index (χ2v) is 4.96. The Kier molecular flexibility index (Phi) is 4.53. The van der Waals surface area contributed by atoms with Gasteiger partial charge in [-0.1, -0.05) is 53.6 Å². The van der Waals surface area contributed by atoms with Crippen LogP contribution in [0, 0.1) is 12.7 Å². The fourth-order valence-electron chi connectivity index (χ4n) is 2.01. The SMILES string of the molecule is Cc1ccc(CC(NN)c2cccc(Cl)c2F)cc1. The molecular weight excluding hydrogens is 263 g/mol. The summed E-state index contributed by atoms with van der Waals surface area (Å²) in [5.41, 5.74) is 5.41. The summed E-state index contributed by atoms with van der Waals surface area (Å²) in [4.78, 5) is 0. The first kappa shape index (κ1) is 14.0. The zero-order chi connectivity index (χ0) is 13.8.